The number of carbonyl (C=O) groups is 1. The zero-order chi connectivity index (χ0) is 13.5. The minimum Gasteiger partial charge on any atom is -0.478 e. The molecule has 0 aliphatic carbocycles. The number of hydrogen-bond donors (Lipinski definition) is 1. The summed E-state index contributed by atoms with van der Waals surface area (Å²) in [4.78, 5) is 10.4. The Kier molecular flexibility index (Phi) is 5.92. The van der Waals surface area contributed by atoms with Crippen LogP contribution >= 0.6 is 11.8 Å². The van der Waals surface area contributed by atoms with Gasteiger partial charge in [-0.25, -0.2) is 9.18 Å². The van der Waals surface area contributed by atoms with Crippen molar-refractivity contribution in [1.82, 2.24) is 0 Å². The maximum absolute atomic E-state index is 13.4. The van der Waals surface area contributed by atoms with Gasteiger partial charge in [-0.15, -0.1) is 0 Å². The average molecular weight is 268 g/mol. The lowest BCUT2D eigenvalue weighted by Gasteiger charge is -2.06. The van der Waals surface area contributed by atoms with Gasteiger partial charge < -0.3 is 5.11 Å². The number of rotatable bonds is 6. The van der Waals surface area contributed by atoms with E-state index < -0.39 is 11.8 Å². The van der Waals surface area contributed by atoms with Crippen LogP contribution < -0.4 is 0 Å². The van der Waals surface area contributed by atoms with Crippen LogP contribution in [0.25, 0.3) is 6.08 Å². The fourth-order valence-corrected chi connectivity index (χ4v) is 2.39. The molecule has 0 aliphatic heterocycles. The second-order valence-corrected chi connectivity index (χ2v) is 5.47. The molecular formula is C14H17FO2S. The Labute approximate surface area is 111 Å². The van der Waals surface area contributed by atoms with E-state index in [1.54, 1.807) is 23.9 Å². The molecule has 0 radical (unpaired) electrons. The summed E-state index contributed by atoms with van der Waals surface area (Å²) >= 11 is 1.79. The first-order valence-corrected chi connectivity index (χ1v) is 6.91. The predicted octanol–water partition coefficient (Wildman–Crippen LogP) is 3.81. The highest BCUT2D eigenvalue weighted by atomic mass is 32.2. The molecule has 18 heavy (non-hydrogen) atoms. The van der Waals surface area contributed by atoms with Gasteiger partial charge in [0, 0.05) is 17.4 Å². The van der Waals surface area contributed by atoms with Crippen LogP contribution in [0.4, 0.5) is 4.39 Å². The first kappa shape index (κ1) is 14.8. The van der Waals surface area contributed by atoms with Crippen LogP contribution in [0, 0.1) is 11.7 Å². The number of thioether (sulfide) groups is 1. The van der Waals surface area contributed by atoms with Gasteiger partial charge >= 0.3 is 5.97 Å². The Bertz CT molecular complexity index is 441. The molecule has 0 aromatic heterocycles. The van der Waals surface area contributed by atoms with Crippen molar-refractivity contribution in [2.75, 3.05) is 5.75 Å². The number of benzene rings is 1. The summed E-state index contributed by atoms with van der Waals surface area (Å²) in [6.45, 7) is 4.30. The molecule has 1 rings (SSSR count). The third-order valence-electron chi connectivity index (χ3n) is 2.19. The van der Waals surface area contributed by atoms with Gasteiger partial charge in [-0.1, -0.05) is 19.9 Å². The Balaban J connectivity index is 2.71. The van der Waals surface area contributed by atoms with Crippen LogP contribution in [0.1, 0.15) is 25.0 Å². The topological polar surface area (TPSA) is 37.3 Å². The third kappa shape index (κ3) is 5.36. The summed E-state index contributed by atoms with van der Waals surface area (Å²) in [5.41, 5.74) is 1.33. The molecule has 1 aromatic carbocycles. The maximum Gasteiger partial charge on any atom is 0.328 e. The van der Waals surface area contributed by atoms with E-state index in [1.165, 1.54) is 12.1 Å². The Hall–Kier alpha value is -1.29. The number of carboxylic acids is 1. The van der Waals surface area contributed by atoms with Crippen LogP contribution in [-0.4, -0.2) is 16.8 Å². The minimum absolute atomic E-state index is 0.319. The van der Waals surface area contributed by atoms with Gasteiger partial charge in [0.25, 0.3) is 0 Å². The normalized spacial score (nSPS) is 11.3. The largest absolute Gasteiger partial charge is 0.478 e. The fourth-order valence-electron chi connectivity index (χ4n) is 1.38. The monoisotopic (exact) mass is 268 g/mol. The molecule has 0 saturated heterocycles. The van der Waals surface area contributed by atoms with Gasteiger partial charge in [0.1, 0.15) is 5.82 Å². The molecule has 0 heterocycles. The lowest BCUT2D eigenvalue weighted by molar-refractivity contribution is -0.131. The second-order valence-electron chi connectivity index (χ2n) is 4.44. The van der Waals surface area contributed by atoms with Gasteiger partial charge in [0.05, 0.1) is 0 Å². The van der Waals surface area contributed by atoms with E-state index >= 15 is 0 Å². The molecule has 0 unspecified atom stereocenters. The van der Waals surface area contributed by atoms with Gasteiger partial charge in [0.2, 0.25) is 0 Å². The number of carboxylic acid groups (broad SMARTS) is 1. The fraction of sp³-hybridized carbons (Fsp3) is 0.357. The molecule has 2 nitrogen and oxygen atoms in total. The summed E-state index contributed by atoms with van der Waals surface area (Å²) in [6, 6.07) is 4.82. The summed E-state index contributed by atoms with van der Waals surface area (Å²) in [5, 5.41) is 8.52. The number of aliphatic carboxylic acids is 1. The Morgan fingerprint density at radius 2 is 2.22 bits per heavy atom. The molecule has 0 amide bonds. The molecule has 4 heteroatoms. The molecule has 0 fully saturated rings. The van der Waals surface area contributed by atoms with E-state index in [-0.39, 0.29) is 0 Å². The van der Waals surface area contributed by atoms with Crippen LogP contribution in [0.3, 0.4) is 0 Å². The Morgan fingerprint density at radius 3 is 2.83 bits per heavy atom. The predicted molar refractivity (Wildman–Crippen MR) is 74.1 cm³/mol. The highest BCUT2D eigenvalue weighted by Crippen LogP contribution is 2.19. The summed E-state index contributed by atoms with van der Waals surface area (Å²) < 4.78 is 13.4. The van der Waals surface area contributed by atoms with Crippen molar-refractivity contribution in [3.05, 3.63) is 41.2 Å². The van der Waals surface area contributed by atoms with Crippen molar-refractivity contribution >= 4 is 23.8 Å². The van der Waals surface area contributed by atoms with Crippen LogP contribution in [0.5, 0.6) is 0 Å². The van der Waals surface area contributed by atoms with Crippen LogP contribution in [0.15, 0.2) is 24.3 Å². The quantitative estimate of drug-likeness (QED) is 0.797. The molecule has 0 bridgehead atoms. The number of hydrogen-bond acceptors (Lipinski definition) is 2. The minimum atomic E-state index is -1.08. The van der Waals surface area contributed by atoms with Gasteiger partial charge in [-0.3, -0.25) is 0 Å². The lowest BCUT2D eigenvalue weighted by Crippen LogP contribution is -1.93. The average Bonchev–Trinajstić information content (AvgIpc) is 2.29. The van der Waals surface area contributed by atoms with Crippen molar-refractivity contribution in [2.45, 2.75) is 19.6 Å². The van der Waals surface area contributed by atoms with Crippen molar-refractivity contribution in [2.24, 2.45) is 5.92 Å². The smallest absolute Gasteiger partial charge is 0.328 e. The molecule has 0 saturated carbocycles. The molecule has 98 valence electrons. The van der Waals surface area contributed by atoms with Gasteiger partial charge in [-0.2, -0.15) is 11.8 Å². The zero-order valence-electron chi connectivity index (χ0n) is 10.5. The highest BCUT2D eigenvalue weighted by Gasteiger charge is 2.02. The van der Waals surface area contributed by atoms with Gasteiger partial charge in [-0.05, 0) is 35.4 Å². The first-order chi connectivity index (χ1) is 8.49. The molecule has 1 N–H and O–H groups in total. The standard InChI is InChI=1S/C14H17FO2S/c1-10(2)8-18-9-11-3-5-13(15)12(7-11)4-6-14(16)17/h3-7,10H,8-9H2,1-2H3,(H,16,17). The summed E-state index contributed by atoms with van der Waals surface area (Å²) in [6.07, 6.45) is 2.23. The molecule has 0 atom stereocenters. The van der Waals surface area contributed by atoms with Crippen molar-refractivity contribution in [3.8, 4) is 0 Å². The van der Waals surface area contributed by atoms with Crippen molar-refractivity contribution < 1.29 is 14.3 Å². The van der Waals surface area contributed by atoms with Gasteiger partial charge in [0.15, 0.2) is 0 Å². The molecular weight excluding hydrogens is 251 g/mol. The summed E-state index contributed by atoms with van der Waals surface area (Å²) in [7, 11) is 0. The SMILES string of the molecule is CC(C)CSCc1ccc(F)c(C=CC(=O)O)c1. The van der Waals surface area contributed by atoms with Crippen molar-refractivity contribution in [3.63, 3.8) is 0 Å². The maximum atomic E-state index is 13.4. The molecule has 0 spiro atoms. The lowest BCUT2D eigenvalue weighted by atomic mass is 10.1. The van der Waals surface area contributed by atoms with E-state index in [0.717, 1.165) is 23.1 Å². The zero-order valence-corrected chi connectivity index (χ0v) is 11.3. The van der Waals surface area contributed by atoms with E-state index in [4.69, 9.17) is 5.11 Å². The van der Waals surface area contributed by atoms with Crippen LogP contribution in [-0.2, 0) is 10.5 Å². The van der Waals surface area contributed by atoms with E-state index in [0.29, 0.717) is 11.5 Å². The van der Waals surface area contributed by atoms with Crippen molar-refractivity contribution in [1.29, 1.82) is 0 Å². The first-order valence-electron chi connectivity index (χ1n) is 5.76. The second kappa shape index (κ2) is 7.21. The summed E-state index contributed by atoms with van der Waals surface area (Å²) in [5.74, 6) is 1.02. The third-order valence-corrected chi connectivity index (χ3v) is 3.63. The van der Waals surface area contributed by atoms with E-state index in [2.05, 4.69) is 13.8 Å². The molecule has 0 aliphatic rings. The molecule has 1 aromatic rings. The Morgan fingerprint density at radius 1 is 1.50 bits per heavy atom. The van der Waals surface area contributed by atoms with E-state index in [9.17, 15) is 9.18 Å². The van der Waals surface area contributed by atoms with Crippen LogP contribution in [0.2, 0.25) is 0 Å². The highest BCUT2D eigenvalue weighted by molar-refractivity contribution is 7.98. The number of halogens is 1. The van der Waals surface area contributed by atoms with E-state index in [1.807, 2.05) is 0 Å².